The summed E-state index contributed by atoms with van der Waals surface area (Å²) >= 11 is 7.33. The van der Waals surface area contributed by atoms with Gasteiger partial charge in [-0.25, -0.2) is 0 Å². The van der Waals surface area contributed by atoms with E-state index in [0.29, 0.717) is 22.0 Å². The quantitative estimate of drug-likeness (QED) is 0.517. The summed E-state index contributed by atoms with van der Waals surface area (Å²) < 4.78 is 0. The molecule has 0 saturated carbocycles. The maximum absolute atomic E-state index is 12.2. The first-order valence-corrected chi connectivity index (χ1v) is 10.0. The van der Waals surface area contributed by atoms with Crippen LogP contribution in [0.2, 0.25) is 5.02 Å². The molecule has 0 unspecified atom stereocenters. The van der Waals surface area contributed by atoms with Crippen molar-refractivity contribution in [3.63, 3.8) is 0 Å². The summed E-state index contributed by atoms with van der Waals surface area (Å²) in [6.07, 6.45) is 0. The summed E-state index contributed by atoms with van der Waals surface area (Å²) in [7, 11) is 0. The van der Waals surface area contributed by atoms with Gasteiger partial charge in [-0.05, 0) is 61.5 Å². The Morgan fingerprint density at radius 1 is 0.893 bits per heavy atom. The van der Waals surface area contributed by atoms with Crippen LogP contribution in [0.15, 0.2) is 77.7 Å². The van der Waals surface area contributed by atoms with Gasteiger partial charge in [-0.3, -0.25) is 9.59 Å². The SMILES string of the molecule is Cc1ccc(C(=O)Nc2ccc(SCC(=O)Nc3cccc(Cl)c3)cc2)cc1. The van der Waals surface area contributed by atoms with Crippen LogP contribution in [0.5, 0.6) is 0 Å². The Hall–Kier alpha value is -2.76. The van der Waals surface area contributed by atoms with Crippen LogP contribution in [0, 0.1) is 6.92 Å². The van der Waals surface area contributed by atoms with E-state index in [0.717, 1.165) is 10.5 Å². The second kappa shape index (κ2) is 9.44. The molecule has 0 radical (unpaired) electrons. The van der Waals surface area contributed by atoms with E-state index in [1.165, 1.54) is 11.8 Å². The van der Waals surface area contributed by atoms with Gasteiger partial charge in [0.1, 0.15) is 0 Å². The Labute approximate surface area is 173 Å². The predicted octanol–water partition coefficient (Wildman–Crippen LogP) is 5.63. The molecule has 142 valence electrons. The fourth-order valence-corrected chi connectivity index (χ4v) is 3.34. The van der Waals surface area contributed by atoms with Crippen molar-refractivity contribution < 1.29 is 9.59 Å². The molecule has 28 heavy (non-hydrogen) atoms. The molecule has 0 aliphatic carbocycles. The fraction of sp³-hybridized carbons (Fsp3) is 0.0909. The van der Waals surface area contributed by atoms with Crippen molar-refractivity contribution in [1.29, 1.82) is 0 Å². The minimum Gasteiger partial charge on any atom is -0.325 e. The molecule has 4 nitrogen and oxygen atoms in total. The Kier molecular flexibility index (Phi) is 6.74. The normalized spacial score (nSPS) is 10.4. The number of thioether (sulfide) groups is 1. The van der Waals surface area contributed by atoms with Crippen LogP contribution < -0.4 is 10.6 Å². The molecule has 3 aromatic rings. The summed E-state index contributed by atoms with van der Waals surface area (Å²) in [5.41, 5.74) is 3.10. The second-order valence-corrected chi connectivity index (χ2v) is 7.68. The van der Waals surface area contributed by atoms with E-state index in [1.807, 2.05) is 43.3 Å². The Morgan fingerprint density at radius 2 is 1.61 bits per heavy atom. The van der Waals surface area contributed by atoms with Gasteiger partial charge in [-0.2, -0.15) is 0 Å². The lowest BCUT2D eigenvalue weighted by Crippen LogP contribution is -2.14. The average Bonchev–Trinajstić information content (AvgIpc) is 2.68. The number of carbonyl (C=O) groups excluding carboxylic acids is 2. The highest BCUT2D eigenvalue weighted by Crippen LogP contribution is 2.22. The number of hydrogen-bond donors (Lipinski definition) is 2. The summed E-state index contributed by atoms with van der Waals surface area (Å²) in [4.78, 5) is 25.2. The zero-order valence-corrected chi connectivity index (χ0v) is 16.8. The second-order valence-electron chi connectivity index (χ2n) is 6.19. The van der Waals surface area contributed by atoms with E-state index < -0.39 is 0 Å². The molecule has 2 amide bonds. The number of halogens is 1. The van der Waals surface area contributed by atoms with Crippen molar-refractivity contribution in [3.8, 4) is 0 Å². The molecule has 0 fully saturated rings. The number of benzene rings is 3. The monoisotopic (exact) mass is 410 g/mol. The maximum atomic E-state index is 12.2. The van der Waals surface area contributed by atoms with Gasteiger partial charge in [0, 0.05) is 26.9 Å². The van der Waals surface area contributed by atoms with Gasteiger partial charge in [-0.1, -0.05) is 35.4 Å². The molecule has 0 aliphatic rings. The van der Waals surface area contributed by atoms with Gasteiger partial charge in [0.2, 0.25) is 5.91 Å². The molecule has 0 aromatic heterocycles. The summed E-state index contributed by atoms with van der Waals surface area (Å²) in [5, 5.41) is 6.26. The van der Waals surface area contributed by atoms with Crippen molar-refractivity contribution in [1.82, 2.24) is 0 Å². The molecule has 0 saturated heterocycles. The average molecular weight is 411 g/mol. The van der Waals surface area contributed by atoms with E-state index >= 15 is 0 Å². The van der Waals surface area contributed by atoms with Gasteiger partial charge in [0.05, 0.1) is 5.75 Å². The summed E-state index contributed by atoms with van der Waals surface area (Å²) in [6, 6.07) is 21.8. The largest absolute Gasteiger partial charge is 0.325 e. The highest BCUT2D eigenvalue weighted by molar-refractivity contribution is 8.00. The lowest BCUT2D eigenvalue weighted by Gasteiger charge is -2.08. The number of aryl methyl sites for hydroxylation is 1. The van der Waals surface area contributed by atoms with E-state index in [9.17, 15) is 9.59 Å². The van der Waals surface area contributed by atoms with Crippen molar-refractivity contribution in [2.75, 3.05) is 16.4 Å². The zero-order chi connectivity index (χ0) is 19.9. The van der Waals surface area contributed by atoms with Crippen LogP contribution in [-0.2, 0) is 4.79 Å². The van der Waals surface area contributed by atoms with Crippen LogP contribution in [0.3, 0.4) is 0 Å². The van der Waals surface area contributed by atoms with Gasteiger partial charge >= 0.3 is 0 Å². The van der Waals surface area contributed by atoms with Crippen molar-refractivity contribution >= 4 is 46.6 Å². The molecular formula is C22H19ClN2O2S. The van der Waals surface area contributed by atoms with E-state index in [2.05, 4.69) is 10.6 Å². The number of hydrogen-bond acceptors (Lipinski definition) is 3. The molecule has 3 rings (SSSR count). The smallest absolute Gasteiger partial charge is 0.255 e. The van der Waals surface area contributed by atoms with Crippen LogP contribution in [-0.4, -0.2) is 17.6 Å². The molecule has 0 aliphatic heterocycles. The number of rotatable bonds is 6. The highest BCUT2D eigenvalue weighted by Gasteiger charge is 2.07. The third-order valence-electron chi connectivity index (χ3n) is 3.90. The van der Waals surface area contributed by atoms with Crippen LogP contribution in [0.1, 0.15) is 15.9 Å². The lowest BCUT2D eigenvalue weighted by atomic mass is 10.1. The van der Waals surface area contributed by atoms with E-state index in [-0.39, 0.29) is 17.6 Å². The van der Waals surface area contributed by atoms with Crippen molar-refractivity contribution in [3.05, 3.63) is 88.9 Å². The first kappa shape index (κ1) is 20.0. The Morgan fingerprint density at radius 3 is 2.29 bits per heavy atom. The third kappa shape index (κ3) is 5.87. The van der Waals surface area contributed by atoms with Gasteiger partial charge < -0.3 is 10.6 Å². The van der Waals surface area contributed by atoms with Crippen molar-refractivity contribution in [2.45, 2.75) is 11.8 Å². The number of anilines is 2. The maximum Gasteiger partial charge on any atom is 0.255 e. The minimum absolute atomic E-state index is 0.107. The standard InChI is InChI=1S/C22H19ClN2O2S/c1-15-5-7-16(8-6-15)22(27)25-18-9-11-20(12-10-18)28-14-21(26)24-19-4-2-3-17(23)13-19/h2-13H,14H2,1H3,(H,24,26)(H,25,27). The zero-order valence-electron chi connectivity index (χ0n) is 15.2. The summed E-state index contributed by atoms with van der Waals surface area (Å²) in [6.45, 7) is 1.98. The summed E-state index contributed by atoms with van der Waals surface area (Å²) in [5.74, 6) is 0.0204. The molecule has 0 bridgehead atoms. The molecule has 6 heteroatoms. The predicted molar refractivity (Wildman–Crippen MR) is 116 cm³/mol. The van der Waals surface area contributed by atoms with Gasteiger partial charge in [-0.15, -0.1) is 11.8 Å². The molecular weight excluding hydrogens is 392 g/mol. The van der Waals surface area contributed by atoms with E-state index in [4.69, 9.17) is 11.6 Å². The molecule has 0 atom stereocenters. The van der Waals surface area contributed by atoms with Crippen LogP contribution in [0.4, 0.5) is 11.4 Å². The topological polar surface area (TPSA) is 58.2 Å². The molecule has 0 heterocycles. The van der Waals surface area contributed by atoms with Crippen molar-refractivity contribution in [2.24, 2.45) is 0 Å². The molecule has 3 aromatic carbocycles. The minimum atomic E-state index is -0.152. The number of amides is 2. The third-order valence-corrected chi connectivity index (χ3v) is 5.15. The Bertz CT molecular complexity index is 973. The molecule has 2 N–H and O–H groups in total. The number of carbonyl (C=O) groups is 2. The van der Waals surface area contributed by atoms with E-state index in [1.54, 1.807) is 36.4 Å². The first-order valence-electron chi connectivity index (χ1n) is 8.66. The van der Waals surface area contributed by atoms with Crippen LogP contribution in [0.25, 0.3) is 0 Å². The first-order chi connectivity index (χ1) is 13.5. The van der Waals surface area contributed by atoms with Gasteiger partial charge in [0.25, 0.3) is 5.91 Å². The van der Waals surface area contributed by atoms with Crippen LogP contribution >= 0.6 is 23.4 Å². The fourth-order valence-electron chi connectivity index (χ4n) is 2.45. The Balaban J connectivity index is 1.50. The number of nitrogens with one attached hydrogen (secondary N) is 2. The molecule has 0 spiro atoms. The highest BCUT2D eigenvalue weighted by atomic mass is 35.5. The van der Waals surface area contributed by atoms with Gasteiger partial charge in [0.15, 0.2) is 0 Å². The lowest BCUT2D eigenvalue weighted by molar-refractivity contribution is -0.113.